The van der Waals surface area contributed by atoms with Gasteiger partial charge in [-0.3, -0.25) is 15.0 Å². The summed E-state index contributed by atoms with van der Waals surface area (Å²) in [6.07, 6.45) is 4.08. The van der Waals surface area contributed by atoms with E-state index < -0.39 is 5.78 Å². The zero-order valence-corrected chi connectivity index (χ0v) is 13.3. The lowest BCUT2D eigenvalue weighted by Crippen LogP contribution is -2.02. The van der Waals surface area contributed by atoms with Crippen molar-refractivity contribution < 1.29 is 9.59 Å². The standard InChI is InChI=1S/C21H14N2O2/c22-14-18(20(24)16-8-3-1-4-9-16)12-7-13-19(15-23)21(25)17-10-5-2-6-11-17/h1-13,22H/b12-7+,19-13+. The van der Waals surface area contributed by atoms with Gasteiger partial charge in [0.2, 0.25) is 11.6 Å². The summed E-state index contributed by atoms with van der Waals surface area (Å²) in [5.74, 6) is 1.33. The average molecular weight is 326 g/mol. The van der Waals surface area contributed by atoms with Crippen LogP contribution in [0.15, 0.2) is 90.0 Å². The van der Waals surface area contributed by atoms with Crippen molar-refractivity contribution in [3.05, 3.63) is 101 Å². The second-order valence-electron chi connectivity index (χ2n) is 4.98. The van der Waals surface area contributed by atoms with Gasteiger partial charge in [-0.05, 0) is 18.0 Å². The van der Waals surface area contributed by atoms with Crippen LogP contribution in [0.4, 0.5) is 0 Å². The van der Waals surface area contributed by atoms with E-state index >= 15 is 0 Å². The van der Waals surface area contributed by atoms with E-state index in [4.69, 9.17) is 10.7 Å². The van der Waals surface area contributed by atoms with Crippen LogP contribution in [0.5, 0.6) is 0 Å². The average Bonchev–Trinajstić information content (AvgIpc) is 2.68. The second-order valence-corrected chi connectivity index (χ2v) is 4.98. The van der Waals surface area contributed by atoms with E-state index in [1.807, 2.05) is 6.07 Å². The van der Waals surface area contributed by atoms with Gasteiger partial charge in [-0.1, -0.05) is 66.7 Å². The van der Waals surface area contributed by atoms with E-state index in [1.165, 1.54) is 18.2 Å². The van der Waals surface area contributed by atoms with Crippen LogP contribution < -0.4 is 0 Å². The fourth-order valence-electron chi connectivity index (χ4n) is 2.07. The molecule has 2 aromatic carbocycles. The molecule has 1 N–H and O–H groups in total. The van der Waals surface area contributed by atoms with Crippen molar-refractivity contribution >= 4 is 17.4 Å². The summed E-state index contributed by atoms with van der Waals surface area (Å²) in [6.45, 7) is 0. The van der Waals surface area contributed by atoms with Crippen LogP contribution >= 0.6 is 0 Å². The van der Waals surface area contributed by atoms with Crippen LogP contribution in [0.1, 0.15) is 20.7 Å². The van der Waals surface area contributed by atoms with Gasteiger partial charge in [-0.25, -0.2) is 0 Å². The van der Waals surface area contributed by atoms with E-state index in [-0.39, 0.29) is 16.9 Å². The van der Waals surface area contributed by atoms with E-state index in [1.54, 1.807) is 60.7 Å². The fraction of sp³-hybridized carbons (Fsp3) is 0. The predicted octanol–water partition coefficient (Wildman–Crippen LogP) is 3.93. The zero-order valence-electron chi connectivity index (χ0n) is 13.3. The maximum Gasteiger partial charge on any atom is 0.203 e. The molecule has 25 heavy (non-hydrogen) atoms. The van der Waals surface area contributed by atoms with Crippen molar-refractivity contribution in [3.8, 4) is 6.07 Å². The summed E-state index contributed by atoms with van der Waals surface area (Å²) >= 11 is 0. The number of allylic oxidation sites excluding steroid dienone is 5. The number of ketones is 2. The minimum atomic E-state index is -0.400. The minimum absolute atomic E-state index is 0.0342. The summed E-state index contributed by atoms with van der Waals surface area (Å²) in [6, 6.07) is 18.8. The van der Waals surface area contributed by atoms with Gasteiger partial charge in [0.15, 0.2) is 0 Å². The van der Waals surface area contributed by atoms with Gasteiger partial charge in [0.1, 0.15) is 6.07 Å². The third kappa shape index (κ3) is 4.59. The number of hydrogen-bond acceptors (Lipinski definition) is 4. The van der Waals surface area contributed by atoms with Gasteiger partial charge in [0.05, 0.1) is 11.1 Å². The molecular formula is C21H14N2O2. The van der Waals surface area contributed by atoms with Crippen LogP contribution in [0, 0.1) is 16.7 Å². The molecule has 2 aromatic rings. The molecule has 0 fully saturated rings. The molecule has 0 radical (unpaired) electrons. The summed E-state index contributed by atoms with van der Waals surface area (Å²) in [4.78, 5) is 24.5. The van der Waals surface area contributed by atoms with Crippen LogP contribution in [-0.2, 0) is 0 Å². The molecule has 0 spiro atoms. The molecule has 4 heteroatoms. The summed E-state index contributed by atoms with van der Waals surface area (Å²) < 4.78 is 0. The van der Waals surface area contributed by atoms with Crippen molar-refractivity contribution in [2.45, 2.75) is 0 Å². The van der Waals surface area contributed by atoms with E-state index in [0.717, 1.165) is 0 Å². The number of hydrogen-bond donors (Lipinski definition) is 1. The Hall–Kier alpha value is -3.80. The highest BCUT2D eigenvalue weighted by Gasteiger charge is 2.11. The molecule has 0 bridgehead atoms. The van der Waals surface area contributed by atoms with Crippen molar-refractivity contribution in [3.63, 3.8) is 0 Å². The molecule has 0 saturated heterocycles. The first kappa shape index (κ1) is 17.6. The topological polar surface area (TPSA) is 81.8 Å². The van der Waals surface area contributed by atoms with E-state index in [2.05, 4.69) is 5.87 Å². The molecule has 0 aliphatic heterocycles. The number of nitriles is 1. The number of benzene rings is 2. The Morgan fingerprint density at radius 1 is 0.880 bits per heavy atom. The minimum Gasteiger partial charge on any atom is -0.288 e. The maximum absolute atomic E-state index is 12.3. The van der Waals surface area contributed by atoms with Crippen LogP contribution in [0.3, 0.4) is 0 Å². The summed E-state index contributed by atoms with van der Waals surface area (Å²) in [5, 5.41) is 16.4. The first-order chi connectivity index (χ1) is 12.2. The number of Topliss-reactive ketones (excluding diaryl/α,β-unsaturated/α-hetero) is 2. The highest BCUT2D eigenvalue weighted by Crippen LogP contribution is 2.10. The number of rotatable bonds is 6. The van der Waals surface area contributed by atoms with E-state index in [0.29, 0.717) is 11.1 Å². The van der Waals surface area contributed by atoms with Gasteiger partial charge in [0, 0.05) is 11.1 Å². The normalized spacial score (nSPS) is 10.8. The Kier molecular flexibility index (Phi) is 6.13. The number of carbonyl (C=O) groups is 2. The number of nitrogens with one attached hydrogen (secondary N) is 1. The third-order valence-corrected chi connectivity index (χ3v) is 3.34. The van der Waals surface area contributed by atoms with Gasteiger partial charge < -0.3 is 0 Å². The van der Waals surface area contributed by atoms with Crippen LogP contribution in [0.2, 0.25) is 0 Å². The molecule has 4 nitrogen and oxygen atoms in total. The summed E-state index contributed by atoms with van der Waals surface area (Å²) in [5.41, 5.74) is 0.824. The number of carbonyl (C=O) groups excluding carboxylic acids is 2. The molecule has 0 aliphatic carbocycles. The Bertz CT molecular complexity index is 927. The quantitative estimate of drug-likeness (QED) is 0.287. The van der Waals surface area contributed by atoms with Crippen molar-refractivity contribution in [1.29, 1.82) is 10.7 Å². The van der Waals surface area contributed by atoms with Gasteiger partial charge in [0.25, 0.3) is 0 Å². The van der Waals surface area contributed by atoms with Gasteiger partial charge in [-0.2, -0.15) is 5.26 Å². The Morgan fingerprint density at radius 3 is 1.88 bits per heavy atom. The van der Waals surface area contributed by atoms with E-state index in [9.17, 15) is 9.59 Å². The fourth-order valence-corrected chi connectivity index (χ4v) is 2.07. The molecule has 0 amide bonds. The first-order valence-electron chi connectivity index (χ1n) is 7.45. The molecule has 0 unspecified atom stereocenters. The summed E-state index contributed by atoms with van der Waals surface area (Å²) in [7, 11) is 0. The zero-order chi connectivity index (χ0) is 18.1. The molecular weight excluding hydrogens is 312 g/mol. The molecule has 0 atom stereocenters. The smallest absolute Gasteiger partial charge is 0.203 e. The highest BCUT2D eigenvalue weighted by atomic mass is 16.1. The monoisotopic (exact) mass is 326 g/mol. The van der Waals surface area contributed by atoms with Gasteiger partial charge >= 0.3 is 0 Å². The van der Waals surface area contributed by atoms with Crippen molar-refractivity contribution in [2.24, 2.45) is 0 Å². The molecule has 0 heterocycles. The Balaban J connectivity index is 2.20. The highest BCUT2D eigenvalue weighted by molar-refractivity contribution is 6.15. The maximum atomic E-state index is 12.3. The number of nitrogens with zero attached hydrogens (tertiary/aromatic N) is 1. The first-order valence-corrected chi connectivity index (χ1v) is 7.45. The molecule has 0 saturated carbocycles. The third-order valence-electron chi connectivity index (χ3n) is 3.34. The van der Waals surface area contributed by atoms with Gasteiger partial charge in [-0.15, -0.1) is 0 Å². The predicted molar refractivity (Wildman–Crippen MR) is 95.6 cm³/mol. The molecule has 120 valence electrons. The Labute approximate surface area is 145 Å². The van der Waals surface area contributed by atoms with Crippen LogP contribution in [0.25, 0.3) is 0 Å². The van der Waals surface area contributed by atoms with Crippen LogP contribution in [-0.4, -0.2) is 17.4 Å². The van der Waals surface area contributed by atoms with Crippen molar-refractivity contribution in [2.75, 3.05) is 0 Å². The lowest BCUT2D eigenvalue weighted by Gasteiger charge is -1.99. The largest absolute Gasteiger partial charge is 0.288 e. The molecule has 0 aliphatic rings. The second kappa shape index (κ2) is 8.73. The lowest BCUT2D eigenvalue weighted by atomic mass is 10.0. The molecule has 0 aromatic heterocycles. The Morgan fingerprint density at radius 2 is 1.40 bits per heavy atom. The lowest BCUT2D eigenvalue weighted by molar-refractivity contribution is 0.103. The van der Waals surface area contributed by atoms with Crippen molar-refractivity contribution in [1.82, 2.24) is 0 Å². The SMILES string of the molecule is N#C/C(=C\C=C\C(=C=N)C(=O)c1ccccc1)C(=O)c1ccccc1. The molecule has 2 rings (SSSR count).